The standard InChI is InChI=1S/C16H23N5/c1-3-5-16-17-9-14-12-20(7-6-15(14)19-16)10-13-8-18-21(4-2)11-13/h8-9,11H,3-7,10,12H2,1-2H3. The summed E-state index contributed by atoms with van der Waals surface area (Å²) >= 11 is 0. The molecule has 5 heteroatoms. The van der Waals surface area contributed by atoms with Crippen molar-refractivity contribution in [1.29, 1.82) is 0 Å². The van der Waals surface area contributed by atoms with E-state index in [-0.39, 0.29) is 0 Å². The van der Waals surface area contributed by atoms with E-state index in [9.17, 15) is 0 Å². The minimum Gasteiger partial charge on any atom is -0.294 e. The molecule has 1 aliphatic heterocycles. The molecule has 1 aliphatic rings. The van der Waals surface area contributed by atoms with Gasteiger partial charge in [0.25, 0.3) is 0 Å². The number of aromatic nitrogens is 4. The molecule has 0 N–H and O–H groups in total. The van der Waals surface area contributed by atoms with E-state index >= 15 is 0 Å². The average molecular weight is 285 g/mol. The molecule has 0 aromatic carbocycles. The van der Waals surface area contributed by atoms with Crippen molar-refractivity contribution in [1.82, 2.24) is 24.6 Å². The maximum absolute atomic E-state index is 4.71. The van der Waals surface area contributed by atoms with Crippen molar-refractivity contribution in [2.75, 3.05) is 6.54 Å². The van der Waals surface area contributed by atoms with Crippen LogP contribution in [0.25, 0.3) is 0 Å². The molecule has 0 bridgehead atoms. The quantitative estimate of drug-likeness (QED) is 0.845. The molecule has 2 aromatic heterocycles. The Morgan fingerprint density at radius 2 is 2.14 bits per heavy atom. The van der Waals surface area contributed by atoms with Crippen LogP contribution in [0.4, 0.5) is 0 Å². The number of hydrogen-bond donors (Lipinski definition) is 0. The van der Waals surface area contributed by atoms with Crippen molar-refractivity contribution >= 4 is 0 Å². The monoisotopic (exact) mass is 285 g/mol. The molecule has 5 nitrogen and oxygen atoms in total. The molecule has 21 heavy (non-hydrogen) atoms. The third-order valence-corrected chi connectivity index (χ3v) is 3.95. The Balaban J connectivity index is 1.66. The maximum atomic E-state index is 4.71. The Kier molecular flexibility index (Phi) is 4.29. The van der Waals surface area contributed by atoms with Crippen molar-refractivity contribution in [3.05, 3.63) is 41.2 Å². The van der Waals surface area contributed by atoms with Crippen LogP contribution < -0.4 is 0 Å². The Morgan fingerprint density at radius 3 is 2.90 bits per heavy atom. The van der Waals surface area contributed by atoms with Gasteiger partial charge in [0.15, 0.2) is 0 Å². The summed E-state index contributed by atoms with van der Waals surface area (Å²) in [6.07, 6.45) is 9.24. The van der Waals surface area contributed by atoms with Gasteiger partial charge in [0.05, 0.1) is 6.20 Å². The lowest BCUT2D eigenvalue weighted by Gasteiger charge is -2.27. The lowest BCUT2D eigenvalue weighted by atomic mass is 10.1. The highest BCUT2D eigenvalue weighted by Gasteiger charge is 2.18. The van der Waals surface area contributed by atoms with Gasteiger partial charge in [-0.3, -0.25) is 9.58 Å². The summed E-state index contributed by atoms with van der Waals surface area (Å²) in [4.78, 5) is 11.6. The van der Waals surface area contributed by atoms with E-state index in [1.165, 1.54) is 16.8 Å². The van der Waals surface area contributed by atoms with Crippen molar-refractivity contribution in [2.24, 2.45) is 0 Å². The smallest absolute Gasteiger partial charge is 0.128 e. The normalized spacial score (nSPS) is 15.1. The minimum absolute atomic E-state index is 0.927. The van der Waals surface area contributed by atoms with Crippen LogP contribution in [-0.4, -0.2) is 31.2 Å². The predicted octanol–water partition coefficient (Wildman–Crippen LogP) is 2.20. The molecule has 0 aliphatic carbocycles. The number of nitrogens with zero attached hydrogens (tertiary/aromatic N) is 5. The molecule has 0 radical (unpaired) electrons. The molecule has 0 saturated carbocycles. The second kappa shape index (κ2) is 6.35. The van der Waals surface area contributed by atoms with Crippen LogP contribution in [0.1, 0.15) is 42.9 Å². The van der Waals surface area contributed by atoms with E-state index in [4.69, 9.17) is 4.98 Å². The van der Waals surface area contributed by atoms with E-state index in [2.05, 4.69) is 35.0 Å². The molecular formula is C16H23N5. The van der Waals surface area contributed by atoms with E-state index in [1.54, 1.807) is 0 Å². The first-order chi connectivity index (χ1) is 10.3. The second-order valence-electron chi connectivity index (χ2n) is 5.67. The van der Waals surface area contributed by atoms with Crippen LogP contribution >= 0.6 is 0 Å². The maximum Gasteiger partial charge on any atom is 0.128 e. The molecule has 0 unspecified atom stereocenters. The summed E-state index contributed by atoms with van der Waals surface area (Å²) in [5, 5.41) is 4.34. The first-order valence-electron chi connectivity index (χ1n) is 7.85. The van der Waals surface area contributed by atoms with Gasteiger partial charge in [0, 0.05) is 68.2 Å². The van der Waals surface area contributed by atoms with Gasteiger partial charge < -0.3 is 0 Å². The molecule has 112 valence electrons. The molecule has 3 heterocycles. The molecule has 0 amide bonds. The number of rotatable bonds is 5. The largest absolute Gasteiger partial charge is 0.294 e. The summed E-state index contributed by atoms with van der Waals surface area (Å²) in [5.74, 6) is 0.994. The van der Waals surface area contributed by atoms with E-state index < -0.39 is 0 Å². The summed E-state index contributed by atoms with van der Waals surface area (Å²) in [7, 11) is 0. The topological polar surface area (TPSA) is 46.8 Å². The fourth-order valence-electron chi connectivity index (χ4n) is 2.81. The Bertz CT molecular complexity index is 604. The van der Waals surface area contributed by atoms with Crippen LogP contribution in [0, 0.1) is 0 Å². The SMILES string of the molecule is CCCc1ncc2c(n1)CCN(Cc1cnn(CC)c1)C2. The molecule has 0 fully saturated rings. The van der Waals surface area contributed by atoms with Gasteiger partial charge in [0.2, 0.25) is 0 Å². The fraction of sp³-hybridized carbons (Fsp3) is 0.562. The average Bonchev–Trinajstić information content (AvgIpc) is 2.95. The van der Waals surface area contributed by atoms with E-state index in [1.807, 2.05) is 17.1 Å². The van der Waals surface area contributed by atoms with Crippen LogP contribution in [0.2, 0.25) is 0 Å². The minimum atomic E-state index is 0.927. The third-order valence-electron chi connectivity index (χ3n) is 3.95. The Morgan fingerprint density at radius 1 is 1.24 bits per heavy atom. The summed E-state index contributed by atoms with van der Waals surface area (Å²) in [6, 6.07) is 0. The van der Waals surface area contributed by atoms with Crippen molar-refractivity contribution in [3.8, 4) is 0 Å². The van der Waals surface area contributed by atoms with Crippen molar-refractivity contribution in [3.63, 3.8) is 0 Å². The summed E-state index contributed by atoms with van der Waals surface area (Å²) in [5.41, 5.74) is 3.81. The van der Waals surface area contributed by atoms with Gasteiger partial charge in [-0.15, -0.1) is 0 Å². The molecule has 3 rings (SSSR count). The first-order valence-corrected chi connectivity index (χ1v) is 7.85. The fourth-order valence-corrected chi connectivity index (χ4v) is 2.81. The van der Waals surface area contributed by atoms with Gasteiger partial charge in [-0.2, -0.15) is 5.10 Å². The predicted molar refractivity (Wildman–Crippen MR) is 81.7 cm³/mol. The lowest BCUT2D eigenvalue weighted by Crippen LogP contribution is -2.31. The van der Waals surface area contributed by atoms with Crippen LogP contribution in [0.15, 0.2) is 18.6 Å². The van der Waals surface area contributed by atoms with Crippen LogP contribution in [0.5, 0.6) is 0 Å². The highest BCUT2D eigenvalue weighted by atomic mass is 15.3. The number of hydrogen-bond acceptors (Lipinski definition) is 4. The molecule has 0 saturated heterocycles. The van der Waals surface area contributed by atoms with Gasteiger partial charge in [-0.1, -0.05) is 6.92 Å². The molecule has 2 aromatic rings. The van der Waals surface area contributed by atoms with Crippen LogP contribution in [0.3, 0.4) is 0 Å². The van der Waals surface area contributed by atoms with Gasteiger partial charge in [-0.05, 0) is 13.3 Å². The van der Waals surface area contributed by atoms with Gasteiger partial charge >= 0.3 is 0 Å². The Labute approximate surface area is 126 Å². The summed E-state index contributed by atoms with van der Waals surface area (Å²) in [6.45, 7) is 8.17. The third kappa shape index (κ3) is 3.29. The lowest BCUT2D eigenvalue weighted by molar-refractivity contribution is 0.242. The molecule has 0 spiro atoms. The number of fused-ring (bicyclic) bond motifs is 1. The van der Waals surface area contributed by atoms with Gasteiger partial charge in [-0.25, -0.2) is 9.97 Å². The zero-order valence-corrected chi connectivity index (χ0v) is 12.9. The highest BCUT2D eigenvalue weighted by Crippen LogP contribution is 2.18. The van der Waals surface area contributed by atoms with E-state index in [0.29, 0.717) is 0 Å². The Hall–Kier alpha value is -1.75. The zero-order valence-electron chi connectivity index (χ0n) is 12.9. The molecular weight excluding hydrogens is 262 g/mol. The highest BCUT2D eigenvalue weighted by molar-refractivity contribution is 5.21. The van der Waals surface area contributed by atoms with E-state index in [0.717, 1.165) is 51.3 Å². The molecule has 0 atom stereocenters. The second-order valence-corrected chi connectivity index (χ2v) is 5.67. The van der Waals surface area contributed by atoms with Crippen LogP contribution in [-0.2, 0) is 32.5 Å². The number of aryl methyl sites for hydroxylation is 2. The first kappa shape index (κ1) is 14.2. The van der Waals surface area contributed by atoms with Crippen molar-refractivity contribution in [2.45, 2.75) is 52.7 Å². The van der Waals surface area contributed by atoms with Gasteiger partial charge in [0.1, 0.15) is 5.82 Å². The summed E-state index contributed by atoms with van der Waals surface area (Å²) < 4.78 is 1.98. The zero-order chi connectivity index (χ0) is 14.7. The van der Waals surface area contributed by atoms with Crippen molar-refractivity contribution < 1.29 is 0 Å².